The molecule has 5 nitrogen and oxygen atoms in total. The Labute approximate surface area is 106 Å². The fourth-order valence-corrected chi connectivity index (χ4v) is 2.06. The van der Waals surface area contributed by atoms with E-state index < -0.39 is 0 Å². The van der Waals surface area contributed by atoms with Gasteiger partial charge in [0.2, 0.25) is 5.91 Å². The van der Waals surface area contributed by atoms with E-state index in [0.29, 0.717) is 30.6 Å². The normalized spacial score (nSPS) is 19.2. The summed E-state index contributed by atoms with van der Waals surface area (Å²) in [7, 11) is 0. The van der Waals surface area contributed by atoms with Crippen molar-refractivity contribution in [2.24, 2.45) is 0 Å². The van der Waals surface area contributed by atoms with E-state index in [4.69, 9.17) is 5.73 Å². The number of piperidine rings is 1. The Morgan fingerprint density at radius 2 is 2.28 bits per heavy atom. The first-order chi connectivity index (χ1) is 8.56. The SMILES string of the molecule is Cc1cc(N)ccc1C(=O)NC1CCC(=O)NC1. The monoisotopic (exact) mass is 247 g/mol. The van der Waals surface area contributed by atoms with Crippen molar-refractivity contribution in [3.05, 3.63) is 29.3 Å². The van der Waals surface area contributed by atoms with Crippen molar-refractivity contribution in [3.8, 4) is 0 Å². The number of aryl methyl sites for hydroxylation is 1. The lowest BCUT2D eigenvalue weighted by Gasteiger charge is -2.23. The van der Waals surface area contributed by atoms with Crippen LogP contribution in [0.3, 0.4) is 0 Å². The summed E-state index contributed by atoms with van der Waals surface area (Å²) in [5.41, 5.74) is 7.78. The van der Waals surface area contributed by atoms with Crippen molar-refractivity contribution in [3.63, 3.8) is 0 Å². The van der Waals surface area contributed by atoms with E-state index in [1.807, 2.05) is 6.92 Å². The molecule has 4 N–H and O–H groups in total. The molecule has 1 aromatic rings. The van der Waals surface area contributed by atoms with E-state index in [9.17, 15) is 9.59 Å². The molecular formula is C13H17N3O2. The molecule has 18 heavy (non-hydrogen) atoms. The summed E-state index contributed by atoms with van der Waals surface area (Å²) in [4.78, 5) is 23.1. The van der Waals surface area contributed by atoms with E-state index >= 15 is 0 Å². The van der Waals surface area contributed by atoms with E-state index in [1.54, 1.807) is 18.2 Å². The Morgan fingerprint density at radius 1 is 1.50 bits per heavy atom. The lowest BCUT2D eigenvalue weighted by Crippen LogP contribution is -2.47. The van der Waals surface area contributed by atoms with Crippen LogP contribution in [-0.2, 0) is 4.79 Å². The van der Waals surface area contributed by atoms with Gasteiger partial charge in [0.1, 0.15) is 0 Å². The van der Waals surface area contributed by atoms with Crippen LogP contribution in [0.5, 0.6) is 0 Å². The molecule has 0 saturated carbocycles. The van der Waals surface area contributed by atoms with Crippen molar-refractivity contribution in [2.75, 3.05) is 12.3 Å². The molecule has 1 saturated heterocycles. The average Bonchev–Trinajstić information content (AvgIpc) is 2.32. The van der Waals surface area contributed by atoms with Gasteiger partial charge in [0.05, 0.1) is 0 Å². The molecule has 0 radical (unpaired) electrons. The van der Waals surface area contributed by atoms with Gasteiger partial charge in [-0.1, -0.05) is 0 Å². The standard InChI is InChI=1S/C13H17N3O2/c1-8-6-9(14)2-4-11(8)13(18)16-10-3-5-12(17)15-7-10/h2,4,6,10H,3,5,7,14H2,1H3,(H,15,17)(H,16,18). The van der Waals surface area contributed by atoms with Gasteiger partial charge < -0.3 is 16.4 Å². The van der Waals surface area contributed by atoms with Crippen LogP contribution in [0.4, 0.5) is 5.69 Å². The van der Waals surface area contributed by atoms with E-state index in [-0.39, 0.29) is 17.9 Å². The van der Waals surface area contributed by atoms with Gasteiger partial charge in [-0.2, -0.15) is 0 Å². The van der Waals surface area contributed by atoms with Gasteiger partial charge in [-0.15, -0.1) is 0 Å². The van der Waals surface area contributed by atoms with Crippen LogP contribution in [0.2, 0.25) is 0 Å². The topological polar surface area (TPSA) is 84.2 Å². The summed E-state index contributed by atoms with van der Waals surface area (Å²) < 4.78 is 0. The van der Waals surface area contributed by atoms with Crippen molar-refractivity contribution in [1.82, 2.24) is 10.6 Å². The first kappa shape index (κ1) is 12.4. The molecule has 1 aliphatic rings. The average molecular weight is 247 g/mol. The molecule has 5 heteroatoms. The largest absolute Gasteiger partial charge is 0.399 e. The van der Waals surface area contributed by atoms with Crippen LogP contribution in [0.15, 0.2) is 18.2 Å². The quantitative estimate of drug-likeness (QED) is 0.669. The van der Waals surface area contributed by atoms with Gasteiger partial charge >= 0.3 is 0 Å². The maximum absolute atomic E-state index is 12.1. The van der Waals surface area contributed by atoms with Gasteiger partial charge in [0.25, 0.3) is 5.91 Å². The second-order valence-corrected chi connectivity index (χ2v) is 4.59. The number of benzene rings is 1. The van der Waals surface area contributed by atoms with Crippen molar-refractivity contribution in [2.45, 2.75) is 25.8 Å². The van der Waals surface area contributed by atoms with E-state index in [1.165, 1.54) is 0 Å². The van der Waals surface area contributed by atoms with Crippen LogP contribution in [0.25, 0.3) is 0 Å². The molecule has 2 amide bonds. The number of carbonyl (C=O) groups excluding carboxylic acids is 2. The zero-order valence-corrected chi connectivity index (χ0v) is 10.3. The van der Waals surface area contributed by atoms with E-state index in [2.05, 4.69) is 10.6 Å². The predicted molar refractivity (Wildman–Crippen MR) is 69.1 cm³/mol. The molecular weight excluding hydrogens is 230 g/mol. The van der Waals surface area contributed by atoms with Crippen LogP contribution < -0.4 is 16.4 Å². The zero-order valence-electron chi connectivity index (χ0n) is 10.3. The van der Waals surface area contributed by atoms with Crippen molar-refractivity contribution < 1.29 is 9.59 Å². The highest BCUT2D eigenvalue weighted by Crippen LogP contribution is 2.13. The Hall–Kier alpha value is -2.04. The number of anilines is 1. The van der Waals surface area contributed by atoms with Crippen LogP contribution in [0.1, 0.15) is 28.8 Å². The minimum Gasteiger partial charge on any atom is -0.399 e. The number of nitrogen functional groups attached to an aromatic ring is 1. The Morgan fingerprint density at radius 3 is 2.89 bits per heavy atom. The van der Waals surface area contributed by atoms with Gasteiger partial charge in [0.15, 0.2) is 0 Å². The van der Waals surface area contributed by atoms with Crippen LogP contribution in [-0.4, -0.2) is 24.4 Å². The number of carbonyl (C=O) groups is 2. The molecule has 0 aliphatic carbocycles. The first-order valence-corrected chi connectivity index (χ1v) is 6.00. The van der Waals surface area contributed by atoms with Gasteiger partial charge in [-0.25, -0.2) is 0 Å². The Kier molecular flexibility index (Phi) is 3.50. The molecule has 1 heterocycles. The summed E-state index contributed by atoms with van der Waals surface area (Å²) in [6, 6.07) is 5.22. The van der Waals surface area contributed by atoms with Gasteiger partial charge in [-0.3, -0.25) is 9.59 Å². The number of nitrogens with two attached hydrogens (primary N) is 1. The molecule has 1 aliphatic heterocycles. The third-order valence-corrected chi connectivity index (χ3v) is 3.10. The fourth-order valence-electron chi connectivity index (χ4n) is 2.06. The van der Waals surface area contributed by atoms with Crippen molar-refractivity contribution in [1.29, 1.82) is 0 Å². The number of hydrogen-bond donors (Lipinski definition) is 3. The highest BCUT2D eigenvalue weighted by Gasteiger charge is 2.20. The summed E-state index contributed by atoms with van der Waals surface area (Å²) >= 11 is 0. The highest BCUT2D eigenvalue weighted by atomic mass is 16.2. The minimum atomic E-state index is -0.117. The lowest BCUT2D eigenvalue weighted by atomic mass is 10.0. The van der Waals surface area contributed by atoms with Crippen LogP contribution >= 0.6 is 0 Å². The molecule has 0 bridgehead atoms. The number of rotatable bonds is 2. The second-order valence-electron chi connectivity index (χ2n) is 4.59. The molecule has 0 aromatic heterocycles. The third kappa shape index (κ3) is 2.80. The molecule has 1 fully saturated rings. The van der Waals surface area contributed by atoms with Gasteiger partial charge in [-0.05, 0) is 37.1 Å². The zero-order chi connectivity index (χ0) is 13.1. The van der Waals surface area contributed by atoms with Crippen molar-refractivity contribution >= 4 is 17.5 Å². The lowest BCUT2D eigenvalue weighted by molar-refractivity contribution is -0.122. The molecule has 2 rings (SSSR count). The summed E-state index contributed by atoms with van der Waals surface area (Å²) in [5, 5.41) is 5.66. The molecule has 1 unspecified atom stereocenters. The molecule has 0 spiro atoms. The first-order valence-electron chi connectivity index (χ1n) is 6.00. The Balaban J connectivity index is 2.01. The smallest absolute Gasteiger partial charge is 0.251 e. The molecule has 96 valence electrons. The third-order valence-electron chi connectivity index (χ3n) is 3.10. The number of hydrogen-bond acceptors (Lipinski definition) is 3. The summed E-state index contributed by atoms with van der Waals surface area (Å²) in [6.45, 7) is 2.35. The minimum absolute atomic E-state index is 0.00662. The van der Waals surface area contributed by atoms with Crippen LogP contribution in [0, 0.1) is 6.92 Å². The number of amides is 2. The highest BCUT2D eigenvalue weighted by molar-refractivity contribution is 5.96. The maximum Gasteiger partial charge on any atom is 0.251 e. The molecule has 1 aromatic carbocycles. The maximum atomic E-state index is 12.1. The molecule has 1 atom stereocenters. The van der Waals surface area contributed by atoms with E-state index in [0.717, 1.165) is 5.56 Å². The second kappa shape index (κ2) is 5.08. The Bertz CT molecular complexity index is 475. The summed E-state index contributed by atoms with van der Waals surface area (Å²) in [6.07, 6.45) is 1.15. The fraction of sp³-hybridized carbons (Fsp3) is 0.385. The predicted octanol–water partition coefficient (Wildman–Crippen LogP) is 0.586. The van der Waals surface area contributed by atoms with Gasteiger partial charge in [0, 0.05) is 30.3 Å². The number of nitrogens with one attached hydrogen (secondary N) is 2. The summed E-state index contributed by atoms with van der Waals surface area (Å²) in [5.74, 6) is -0.0715.